The molecule has 2 aromatic rings. The van der Waals surface area contributed by atoms with E-state index in [0.717, 1.165) is 23.1 Å². The van der Waals surface area contributed by atoms with E-state index in [-0.39, 0.29) is 24.4 Å². The maximum atomic E-state index is 12.8. The van der Waals surface area contributed by atoms with E-state index < -0.39 is 5.56 Å². The highest BCUT2D eigenvalue weighted by Crippen LogP contribution is 2.38. The van der Waals surface area contributed by atoms with E-state index in [1.54, 1.807) is 23.2 Å². The van der Waals surface area contributed by atoms with Gasteiger partial charge in [0.05, 0.1) is 16.8 Å². The molecule has 0 unspecified atom stereocenters. The molecule has 2 heterocycles. The normalized spacial score (nSPS) is 16.2. The van der Waals surface area contributed by atoms with Crippen LogP contribution in [-0.4, -0.2) is 33.4 Å². The summed E-state index contributed by atoms with van der Waals surface area (Å²) in [6.45, 7) is 0.134. The maximum absolute atomic E-state index is 12.8. The number of halogens is 1. The lowest BCUT2D eigenvalue weighted by molar-refractivity contribution is -0.122. The number of rotatable bonds is 5. The van der Waals surface area contributed by atoms with Gasteiger partial charge in [0, 0.05) is 17.6 Å². The van der Waals surface area contributed by atoms with E-state index in [9.17, 15) is 14.4 Å². The van der Waals surface area contributed by atoms with Gasteiger partial charge in [-0.15, -0.1) is 11.8 Å². The van der Waals surface area contributed by atoms with Gasteiger partial charge in [0.15, 0.2) is 0 Å². The number of benzene rings is 1. The number of carbonyl (C=O) groups excluding carboxylic acids is 2. The van der Waals surface area contributed by atoms with Gasteiger partial charge in [-0.25, -0.2) is 4.68 Å². The molecule has 2 amide bonds. The fourth-order valence-electron chi connectivity index (χ4n) is 2.95. The Kier molecular flexibility index (Phi) is 4.92. The second-order valence-electron chi connectivity index (χ2n) is 6.51. The second-order valence-corrected chi connectivity index (χ2v) is 7.96. The van der Waals surface area contributed by atoms with E-state index >= 15 is 0 Å². The summed E-state index contributed by atoms with van der Waals surface area (Å²) < 4.78 is 1.12. The zero-order valence-corrected chi connectivity index (χ0v) is 15.9. The summed E-state index contributed by atoms with van der Waals surface area (Å²) in [4.78, 5) is 39.6. The highest BCUT2D eigenvalue weighted by Gasteiger charge is 2.39. The van der Waals surface area contributed by atoms with E-state index in [4.69, 9.17) is 11.6 Å². The third kappa shape index (κ3) is 3.86. The third-order valence-electron chi connectivity index (χ3n) is 4.45. The fourth-order valence-corrected chi connectivity index (χ4v) is 3.94. The standard InChI is InChI=1S/C18H17ClN4O3S/c19-12-3-1-11(2-4-12)7-20-15(24)9-22-18(26)17-14(8-21-22)27-10-16(25)23(17)13-5-6-13/h1-4,8,13H,5-7,9-10H2,(H,20,24). The molecule has 1 fully saturated rings. The van der Waals surface area contributed by atoms with Crippen LogP contribution in [0.2, 0.25) is 5.02 Å². The van der Waals surface area contributed by atoms with Crippen LogP contribution in [0.1, 0.15) is 18.4 Å². The monoisotopic (exact) mass is 404 g/mol. The Bertz CT molecular complexity index is 956. The number of thioether (sulfide) groups is 1. The van der Waals surface area contributed by atoms with Crippen LogP contribution >= 0.6 is 23.4 Å². The van der Waals surface area contributed by atoms with Crippen molar-refractivity contribution >= 4 is 40.9 Å². The first-order valence-electron chi connectivity index (χ1n) is 8.59. The van der Waals surface area contributed by atoms with E-state index in [1.807, 2.05) is 12.1 Å². The summed E-state index contributed by atoms with van der Waals surface area (Å²) in [7, 11) is 0. The summed E-state index contributed by atoms with van der Waals surface area (Å²) in [5.41, 5.74) is 0.862. The molecule has 7 nitrogen and oxygen atoms in total. The first-order chi connectivity index (χ1) is 13.0. The molecule has 1 saturated carbocycles. The van der Waals surface area contributed by atoms with Crippen LogP contribution < -0.4 is 15.8 Å². The minimum absolute atomic E-state index is 0.0583. The van der Waals surface area contributed by atoms with Crippen LogP contribution in [0.3, 0.4) is 0 Å². The van der Waals surface area contributed by atoms with Crippen molar-refractivity contribution in [2.45, 2.75) is 36.9 Å². The average Bonchev–Trinajstić information content (AvgIpc) is 3.49. The highest BCUT2D eigenvalue weighted by atomic mass is 35.5. The molecule has 1 aliphatic heterocycles. The van der Waals surface area contributed by atoms with Crippen molar-refractivity contribution in [3.8, 4) is 0 Å². The molecular formula is C18H17ClN4O3S. The number of nitrogens with one attached hydrogen (secondary N) is 1. The van der Waals surface area contributed by atoms with Crippen LogP contribution in [0.4, 0.5) is 5.69 Å². The predicted molar refractivity (Wildman–Crippen MR) is 103 cm³/mol. The largest absolute Gasteiger partial charge is 0.350 e. The van der Waals surface area contributed by atoms with Crippen molar-refractivity contribution in [1.29, 1.82) is 0 Å². The molecule has 0 spiro atoms. The topological polar surface area (TPSA) is 84.3 Å². The molecule has 1 aromatic heterocycles. The number of hydrogen-bond acceptors (Lipinski definition) is 5. The zero-order chi connectivity index (χ0) is 19.0. The maximum Gasteiger partial charge on any atom is 0.292 e. The van der Waals surface area contributed by atoms with Gasteiger partial charge < -0.3 is 10.2 Å². The Morgan fingerprint density at radius 1 is 1.26 bits per heavy atom. The summed E-state index contributed by atoms with van der Waals surface area (Å²) >= 11 is 7.16. The molecule has 2 aliphatic rings. The average molecular weight is 405 g/mol. The lowest BCUT2D eigenvalue weighted by Crippen LogP contribution is -2.43. The molecule has 4 rings (SSSR count). The third-order valence-corrected chi connectivity index (χ3v) is 5.71. The van der Waals surface area contributed by atoms with Crippen molar-refractivity contribution in [3.63, 3.8) is 0 Å². The minimum Gasteiger partial charge on any atom is -0.350 e. The number of anilines is 1. The van der Waals surface area contributed by atoms with Crippen LogP contribution in [0.15, 0.2) is 40.2 Å². The van der Waals surface area contributed by atoms with Gasteiger partial charge in [0.2, 0.25) is 11.8 Å². The zero-order valence-electron chi connectivity index (χ0n) is 14.4. The Morgan fingerprint density at radius 2 is 2.00 bits per heavy atom. The van der Waals surface area contributed by atoms with E-state index in [0.29, 0.717) is 27.9 Å². The number of fused-ring (bicyclic) bond motifs is 1. The van der Waals surface area contributed by atoms with Gasteiger partial charge in [-0.3, -0.25) is 14.4 Å². The van der Waals surface area contributed by atoms with Crippen molar-refractivity contribution in [2.24, 2.45) is 0 Å². The highest BCUT2D eigenvalue weighted by molar-refractivity contribution is 8.00. The minimum atomic E-state index is -0.401. The summed E-state index contributed by atoms with van der Waals surface area (Å²) in [5.74, 6) is -0.0692. The lowest BCUT2D eigenvalue weighted by Gasteiger charge is -2.28. The van der Waals surface area contributed by atoms with Crippen LogP contribution in [0, 0.1) is 0 Å². The molecule has 0 radical (unpaired) electrons. The van der Waals surface area contributed by atoms with Crippen molar-refractivity contribution in [2.75, 3.05) is 10.7 Å². The molecule has 1 N–H and O–H groups in total. The molecule has 0 atom stereocenters. The Hall–Kier alpha value is -2.32. The molecule has 9 heteroatoms. The van der Waals surface area contributed by atoms with Crippen molar-refractivity contribution < 1.29 is 9.59 Å². The Labute approximate surface area is 164 Å². The SMILES string of the molecule is O=C(Cn1ncc2c(c1=O)N(C1CC1)C(=O)CS2)NCc1ccc(Cl)cc1. The van der Waals surface area contributed by atoms with Gasteiger partial charge in [-0.05, 0) is 30.5 Å². The fraction of sp³-hybridized carbons (Fsp3) is 0.333. The second kappa shape index (κ2) is 7.36. The van der Waals surface area contributed by atoms with Crippen LogP contribution in [-0.2, 0) is 22.7 Å². The molecule has 27 heavy (non-hydrogen) atoms. The molecule has 0 saturated heterocycles. The van der Waals surface area contributed by atoms with Gasteiger partial charge in [0.25, 0.3) is 5.56 Å². The molecule has 1 aromatic carbocycles. The van der Waals surface area contributed by atoms with Gasteiger partial charge in [-0.2, -0.15) is 5.10 Å². The van der Waals surface area contributed by atoms with Crippen molar-refractivity contribution in [3.05, 3.63) is 51.4 Å². The van der Waals surface area contributed by atoms with Gasteiger partial charge in [0.1, 0.15) is 12.2 Å². The van der Waals surface area contributed by atoms with Crippen LogP contribution in [0.25, 0.3) is 0 Å². The van der Waals surface area contributed by atoms with E-state index in [1.165, 1.54) is 11.8 Å². The van der Waals surface area contributed by atoms with Gasteiger partial charge in [-0.1, -0.05) is 23.7 Å². The first-order valence-corrected chi connectivity index (χ1v) is 9.95. The number of nitrogens with zero attached hydrogens (tertiary/aromatic N) is 3. The van der Waals surface area contributed by atoms with Gasteiger partial charge >= 0.3 is 0 Å². The predicted octanol–water partition coefficient (Wildman–Crippen LogP) is 1.81. The van der Waals surface area contributed by atoms with Crippen molar-refractivity contribution in [1.82, 2.24) is 15.1 Å². The van der Waals surface area contributed by atoms with E-state index in [2.05, 4.69) is 10.4 Å². The summed E-state index contributed by atoms with van der Waals surface area (Å²) in [5, 5.41) is 7.49. The number of carbonyl (C=O) groups is 2. The molecular weight excluding hydrogens is 388 g/mol. The lowest BCUT2D eigenvalue weighted by atomic mass is 10.2. The number of hydrogen-bond donors (Lipinski definition) is 1. The Balaban J connectivity index is 1.49. The first kappa shape index (κ1) is 18.1. The molecule has 140 valence electrons. The molecule has 1 aliphatic carbocycles. The molecule has 0 bridgehead atoms. The smallest absolute Gasteiger partial charge is 0.292 e. The summed E-state index contributed by atoms with van der Waals surface area (Å²) in [6, 6.07) is 7.24. The summed E-state index contributed by atoms with van der Waals surface area (Å²) in [6.07, 6.45) is 3.37. The van der Waals surface area contributed by atoms with Crippen LogP contribution in [0.5, 0.6) is 0 Å². The number of aromatic nitrogens is 2. The number of amides is 2. The quantitative estimate of drug-likeness (QED) is 0.821. The Morgan fingerprint density at radius 3 is 2.70 bits per heavy atom.